The summed E-state index contributed by atoms with van der Waals surface area (Å²) in [7, 11) is -1.93. The molecule has 1 N–H and O–H groups in total. The van der Waals surface area contributed by atoms with Gasteiger partial charge in [0.2, 0.25) is 0 Å². The molecule has 1 aromatic rings. The Labute approximate surface area is 137 Å². The highest BCUT2D eigenvalue weighted by Crippen LogP contribution is 2.39. The molecule has 0 saturated heterocycles. The van der Waals surface area contributed by atoms with Crippen LogP contribution in [0.15, 0.2) is 24.3 Å². The van der Waals surface area contributed by atoms with Crippen LogP contribution in [0.2, 0.25) is 18.1 Å². The van der Waals surface area contributed by atoms with Gasteiger partial charge >= 0.3 is 0 Å². The number of hydrogen-bond donors (Lipinski definition) is 1. The molecule has 1 aromatic carbocycles. The highest BCUT2D eigenvalue weighted by Gasteiger charge is 2.39. The van der Waals surface area contributed by atoms with Crippen LogP contribution in [0.3, 0.4) is 0 Å². The summed E-state index contributed by atoms with van der Waals surface area (Å²) in [6.45, 7) is 11.1. The highest BCUT2D eigenvalue weighted by atomic mass is 79.9. The van der Waals surface area contributed by atoms with Crippen molar-refractivity contribution in [1.29, 1.82) is 0 Å². The zero-order valence-electron chi connectivity index (χ0n) is 13.4. The monoisotopic (exact) mass is 372 g/mol. The predicted molar refractivity (Wildman–Crippen MR) is 94.8 cm³/mol. The smallest absolute Gasteiger partial charge is 0.250 e. The normalized spacial score (nSPS) is 12.7. The molecule has 5 heteroatoms. The summed E-state index contributed by atoms with van der Waals surface area (Å²) < 4.78 is 11.9. The van der Waals surface area contributed by atoms with E-state index in [9.17, 15) is 0 Å². The minimum atomic E-state index is -1.93. The largest absolute Gasteiger partial charge is 0.543 e. The van der Waals surface area contributed by atoms with Crippen molar-refractivity contribution in [1.82, 2.24) is 0 Å². The van der Waals surface area contributed by atoms with E-state index in [2.05, 4.69) is 49.8 Å². The number of hydrogen-bond acceptors (Lipinski definition) is 3. The third-order valence-corrected chi connectivity index (χ3v) is 8.35. The summed E-state index contributed by atoms with van der Waals surface area (Å²) >= 11 is 3.26. The molecule has 0 aliphatic rings. The topological polar surface area (TPSA) is 38.7 Å². The second-order valence-corrected chi connectivity index (χ2v) is 11.6. The zero-order chi connectivity index (χ0) is 16.1. The number of aliphatic hydroxyl groups is 1. The fourth-order valence-corrected chi connectivity index (χ4v) is 2.80. The minimum absolute atomic E-state index is 0.0131. The van der Waals surface area contributed by atoms with Gasteiger partial charge < -0.3 is 14.3 Å². The van der Waals surface area contributed by atoms with E-state index in [1.54, 1.807) is 6.08 Å². The van der Waals surface area contributed by atoms with Gasteiger partial charge in [-0.25, -0.2) is 0 Å². The maximum atomic E-state index is 8.97. The van der Waals surface area contributed by atoms with E-state index in [4.69, 9.17) is 14.3 Å². The lowest BCUT2D eigenvalue weighted by Crippen LogP contribution is -2.44. The highest BCUT2D eigenvalue weighted by molar-refractivity contribution is 9.09. The van der Waals surface area contributed by atoms with Crippen LogP contribution in [0.1, 0.15) is 26.3 Å². The van der Waals surface area contributed by atoms with Gasteiger partial charge in [0.25, 0.3) is 8.32 Å². The van der Waals surface area contributed by atoms with Crippen LogP contribution in [0.4, 0.5) is 0 Å². The molecular formula is C16H25BrO3Si. The Balaban J connectivity index is 3.16. The van der Waals surface area contributed by atoms with E-state index >= 15 is 0 Å². The van der Waals surface area contributed by atoms with E-state index in [1.807, 2.05) is 24.3 Å². The first-order chi connectivity index (χ1) is 9.71. The van der Waals surface area contributed by atoms with Crippen molar-refractivity contribution in [3.8, 4) is 11.5 Å². The van der Waals surface area contributed by atoms with Crippen LogP contribution in [0.25, 0.3) is 6.08 Å². The average Bonchev–Trinajstić information content (AvgIpc) is 2.36. The first-order valence-corrected chi connectivity index (χ1v) is 11.0. The molecule has 0 bridgehead atoms. The van der Waals surface area contributed by atoms with E-state index in [-0.39, 0.29) is 11.6 Å². The summed E-state index contributed by atoms with van der Waals surface area (Å²) in [6.07, 6.45) is 3.58. The van der Waals surface area contributed by atoms with Gasteiger partial charge in [-0.15, -0.1) is 0 Å². The SMILES string of the molecule is CC(C)(C)[Si](C)(C)Oc1cc(OCBr)ccc1C=CCO. The van der Waals surface area contributed by atoms with Gasteiger partial charge in [0.05, 0.1) is 6.61 Å². The molecule has 1 rings (SSSR count). The Bertz CT molecular complexity index is 493. The van der Waals surface area contributed by atoms with E-state index in [0.717, 1.165) is 17.1 Å². The number of ether oxygens (including phenoxy) is 1. The Morgan fingerprint density at radius 3 is 2.48 bits per heavy atom. The molecule has 3 nitrogen and oxygen atoms in total. The van der Waals surface area contributed by atoms with Crippen molar-refractivity contribution in [2.45, 2.75) is 38.9 Å². The Morgan fingerprint density at radius 1 is 1.29 bits per heavy atom. The molecule has 0 aliphatic heterocycles. The van der Waals surface area contributed by atoms with Gasteiger partial charge in [-0.2, -0.15) is 0 Å². The molecule has 0 saturated carbocycles. The third kappa shape index (κ3) is 5.16. The number of alkyl halides is 1. The lowest BCUT2D eigenvalue weighted by atomic mass is 10.2. The van der Waals surface area contributed by atoms with Gasteiger partial charge in [0, 0.05) is 11.6 Å². The van der Waals surface area contributed by atoms with Crippen molar-refractivity contribution in [3.63, 3.8) is 0 Å². The molecule has 0 fully saturated rings. The summed E-state index contributed by atoms with van der Waals surface area (Å²) in [5.41, 5.74) is 1.40. The number of aliphatic hydroxyl groups excluding tert-OH is 1. The Hall–Kier alpha value is -0.783. The maximum Gasteiger partial charge on any atom is 0.250 e. The van der Waals surface area contributed by atoms with Crippen molar-refractivity contribution < 1.29 is 14.3 Å². The molecule has 0 unspecified atom stereocenters. The van der Waals surface area contributed by atoms with Crippen molar-refractivity contribution in [2.75, 3.05) is 12.1 Å². The fourth-order valence-electron chi connectivity index (χ4n) is 1.50. The first-order valence-electron chi connectivity index (χ1n) is 7.00. The van der Waals surface area contributed by atoms with Gasteiger partial charge in [-0.3, -0.25) is 0 Å². The Morgan fingerprint density at radius 2 is 1.95 bits per heavy atom. The minimum Gasteiger partial charge on any atom is -0.543 e. The molecule has 0 aromatic heterocycles. The zero-order valence-corrected chi connectivity index (χ0v) is 16.0. The summed E-state index contributed by atoms with van der Waals surface area (Å²) in [5.74, 6) is 1.58. The molecule has 0 atom stereocenters. The van der Waals surface area contributed by atoms with Crippen LogP contribution in [0.5, 0.6) is 11.5 Å². The molecular weight excluding hydrogens is 348 g/mol. The van der Waals surface area contributed by atoms with Crippen LogP contribution < -0.4 is 9.16 Å². The van der Waals surface area contributed by atoms with Crippen molar-refractivity contribution >= 4 is 30.3 Å². The maximum absolute atomic E-state index is 8.97. The molecule has 0 amide bonds. The summed E-state index contributed by atoms with van der Waals surface area (Å²) in [6, 6.07) is 5.77. The molecule has 0 heterocycles. The first kappa shape index (κ1) is 18.3. The van der Waals surface area contributed by atoms with Crippen LogP contribution in [-0.2, 0) is 0 Å². The summed E-state index contributed by atoms with van der Waals surface area (Å²) in [5, 5.41) is 9.09. The lowest BCUT2D eigenvalue weighted by molar-refractivity contribution is 0.343. The number of halogens is 1. The van der Waals surface area contributed by atoms with Crippen molar-refractivity contribution in [3.05, 3.63) is 29.8 Å². The fraction of sp³-hybridized carbons (Fsp3) is 0.500. The molecule has 0 spiro atoms. The second-order valence-electron chi connectivity index (χ2n) is 6.40. The Kier molecular flexibility index (Phi) is 6.50. The van der Waals surface area contributed by atoms with Gasteiger partial charge in [-0.05, 0) is 46.2 Å². The van der Waals surface area contributed by atoms with Gasteiger partial charge in [0.1, 0.15) is 17.0 Å². The second kappa shape index (κ2) is 7.47. The third-order valence-electron chi connectivity index (χ3n) is 3.78. The lowest BCUT2D eigenvalue weighted by Gasteiger charge is -2.37. The van der Waals surface area contributed by atoms with Gasteiger partial charge in [-0.1, -0.05) is 32.9 Å². The van der Waals surface area contributed by atoms with Crippen molar-refractivity contribution in [2.24, 2.45) is 0 Å². The van der Waals surface area contributed by atoms with E-state index < -0.39 is 8.32 Å². The van der Waals surface area contributed by atoms with Crippen LogP contribution in [0, 0.1) is 0 Å². The predicted octanol–water partition coefficient (Wildman–Crippen LogP) is 4.81. The molecule has 0 aliphatic carbocycles. The van der Waals surface area contributed by atoms with E-state index in [0.29, 0.717) is 5.52 Å². The van der Waals surface area contributed by atoms with Gasteiger partial charge in [0.15, 0.2) is 0 Å². The summed E-state index contributed by atoms with van der Waals surface area (Å²) in [4.78, 5) is 0. The average molecular weight is 373 g/mol. The molecule has 118 valence electrons. The quantitative estimate of drug-likeness (QED) is 0.575. The van der Waals surface area contributed by atoms with Crippen LogP contribution in [-0.4, -0.2) is 25.5 Å². The molecule has 21 heavy (non-hydrogen) atoms. The van der Waals surface area contributed by atoms with Crippen LogP contribution >= 0.6 is 15.9 Å². The number of rotatable bonds is 6. The molecule has 0 radical (unpaired) electrons. The number of benzene rings is 1. The van der Waals surface area contributed by atoms with E-state index in [1.165, 1.54) is 0 Å². The standard InChI is InChI=1S/C16H25BrO3Si/c1-16(2,3)21(4,5)20-15-11-14(19-12-17)9-8-13(15)7-6-10-18/h6-9,11,18H,10,12H2,1-5H3.